The van der Waals surface area contributed by atoms with Gasteiger partial charge in [-0.25, -0.2) is 9.78 Å². The summed E-state index contributed by atoms with van der Waals surface area (Å²) in [5.74, 6) is 0.418. The lowest BCUT2D eigenvalue weighted by Gasteiger charge is -2.36. The fourth-order valence-electron chi connectivity index (χ4n) is 2.62. The summed E-state index contributed by atoms with van der Waals surface area (Å²) in [5, 5.41) is 0. The quantitative estimate of drug-likeness (QED) is 0.693. The highest BCUT2D eigenvalue weighted by atomic mass is 32.2. The van der Waals surface area contributed by atoms with Crippen molar-refractivity contribution in [3.8, 4) is 5.88 Å². The van der Waals surface area contributed by atoms with Crippen LogP contribution in [0.3, 0.4) is 0 Å². The molecule has 0 N–H and O–H groups in total. The molecular weight excluding hydrogens is 374 g/mol. The highest BCUT2D eigenvalue weighted by Crippen LogP contribution is 2.24. The summed E-state index contributed by atoms with van der Waals surface area (Å²) < 4.78 is 38.8. The van der Waals surface area contributed by atoms with Crippen molar-refractivity contribution in [2.45, 2.75) is 64.9 Å². The van der Waals surface area contributed by atoms with Gasteiger partial charge in [0.2, 0.25) is 5.88 Å². The normalized spacial score (nSPS) is 19.4. The molecule has 1 aliphatic rings. The lowest BCUT2D eigenvalue weighted by molar-refractivity contribution is -0.0358. The summed E-state index contributed by atoms with van der Waals surface area (Å²) in [6.45, 7) is 7.50. The lowest BCUT2D eigenvalue weighted by Crippen LogP contribution is -2.48. The molecule has 0 radical (unpaired) electrons. The molecule has 27 heavy (non-hydrogen) atoms. The Balaban J connectivity index is 2.12. The second kappa shape index (κ2) is 8.39. The van der Waals surface area contributed by atoms with Crippen molar-refractivity contribution in [1.29, 1.82) is 0 Å². The Bertz CT molecular complexity index is 762. The van der Waals surface area contributed by atoms with E-state index >= 15 is 0 Å². The highest BCUT2D eigenvalue weighted by molar-refractivity contribution is 7.86. The number of piperidine rings is 1. The third-order valence-corrected chi connectivity index (χ3v) is 4.30. The zero-order chi connectivity index (χ0) is 20.2. The Kier molecular flexibility index (Phi) is 6.63. The Morgan fingerprint density at radius 2 is 2.04 bits per heavy atom. The number of likely N-dealkylation sites (tertiary alicyclic amines) is 1. The van der Waals surface area contributed by atoms with Crippen LogP contribution in [-0.4, -0.2) is 54.0 Å². The van der Waals surface area contributed by atoms with E-state index in [0.717, 1.165) is 19.1 Å². The number of carbonyl (C=O) groups excluding carboxylic acids is 1. The first-order chi connectivity index (χ1) is 12.4. The summed E-state index contributed by atoms with van der Waals surface area (Å²) in [6, 6.07) is 1.55. The summed E-state index contributed by atoms with van der Waals surface area (Å²) in [7, 11) is -3.64. The highest BCUT2D eigenvalue weighted by Gasteiger charge is 2.32. The van der Waals surface area contributed by atoms with Gasteiger partial charge >= 0.3 is 6.09 Å². The van der Waals surface area contributed by atoms with Crippen LogP contribution in [0.1, 0.15) is 58.9 Å². The van der Waals surface area contributed by atoms with E-state index in [4.69, 9.17) is 13.7 Å². The molecule has 2 heterocycles. The fourth-order valence-corrected chi connectivity index (χ4v) is 3.23. The molecule has 2 atom stereocenters. The van der Waals surface area contributed by atoms with Gasteiger partial charge in [-0.3, -0.25) is 9.08 Å². The topological polar surface area (TPSA) is 108 Å². The van der Waals surface area contributed by atoms with Crippen molar-refractivity contribution in [1.82, 2.24) is 14.9 Å². The molecule has 1 aliphatic heterocycles. The van der Waals surface area contributed by atoms with E-state index in [9.17, 15) is 13.2 Å². The number of hydrogen-bond acceptors (Lipinski definition) is 8. The Morgan fingerprint density at radius 1 is 1.33 bits per heavy atom. The zero-order valence-corrected chi connectivity index (χ0v) is 17.2. The number of hydrogen-bond donors (Lipinski definition) is 0. The molecule has 2 unspecified atom stereocenters. The number of nitrogens with zero attached hydrogens (tertiary/aromatic N) is 3. The summed E-state index contributed by atoms with van der Waals surface area (Å²) in [4.78, 5) is 22.3. The Hall–Kier alpha value is -1.94. The van der Waals surface area contributed by atoms with Crippen molar-refractivity contribution in [3.05, 3.63) is 18.1 Å². The molecule has 1 fully saturated rings. The van der Waals surface area contributed by atoms with Gasteiger partial charge in [-0.15, -0.1) is 0 Å². The van der Waals surface area contributed by atoms with Crippen molar-refractivity contribution in [2.24, 2.45) is 0 Å². The van der Waals surface area contributed by atoms with E-state index in [0.29, 0.717) is 13.0 Å². The molecule has 10 heteroatoms. The van der Waals surface area contributed by atoms with Crippen LogP contribution in [0.15, 0.2) is 12.3 Å². The molecule has 9 nitrogen and oxygen atoms in total. The zero-order valence-electron chi connectivity index (χ0n) is 16.3. The van der Waals surface area contributed by atoms with E-state index in [-0.39, 0.29) is 11.7 Å². The molecule has 1 aromatic heterocycles. The lowest BCUT2D eigenvalue weighted by atomic mass is 10.1. The average Bonchev–Trinajstić information content (AvgIpc) is 2.52. The number of aromatic nitrogens is 2. The number of ether oxygens (including phenoxy) is 2. The second-order valence-corrected chi connectivity index (χ2v) is 9.04. The van der Waals surface area contributed by atoms with Crippen molar-refractivity contribution in [2.75, 3.05) is 12.8 Å². The van der Waals surface area contributed by atoms with Gasteiger partial charge in [0, 0.05) is 25.2 Å². The average molecular weight is 401 g/mol. The maximum atomic E-state index is 12.5. The molecule has 0 saturated carbocycles. The van der Waals surface area contributed by atoms with Crippen LogP contribution >= 0.6 is 0 Å². The van der Waals surface area contributed by atoms with Gasteiger partial charge in [0.25, 0.3) is 10.1 Å². The number of carbonyl (C=O) groups is 1. The van der Waals surface area contributed by atoms with E-state index in [2.05, 4.69) is 9.97 Å². The van der Waals surface area contributed by atoms with Gasteiger partial charge in [-0.1, -0.05) is 0 Å². The molecular formula is C17H27N3O6S. The standard InChI is InChI=1S/C17H27N3O6S/c1-12(26-27(5,22)23)15-18-10-9-13(19-15)24-14-8-6-7-11-20(14)16(21)25-17(2,3)4/h9-10,12,14H,6-8,11H2,1-5H3. The third-order valence-electron chi connectivity index (χ3n) is 3.66. The van der Waals surface area contributed by atoms with Crippen molar-refractivity contribution in [3.63, 3.8) is 0 Å². The minimum absolute atomic E-state index is 0.178. The summed E-state index contributed by atoms with van der Waals surface area (Å²) in [6.07, 6.45) is 3.05. The number of amides is 1. The third kappa shape index (κ3) is 6.94. The molecule has 2 rings (SSSR count). The fraction of sp³-hybridized carbons (Fsp3) is 0.706. The summed E-state index contributed by atoms with van der Waals surface area (Å²) >= 11 is 0. The van der Waals surface area contributed by atoms with Crippen LogP contribution in [0.25, 0.3) is 0 Å². The van der Waals surface area contributed by atoms with Gasteiger partial charge in [0.1, 0.15) is 11.7 Å². The second-order valence-electron chi connectivity index (χ2n) is 7.44. The van der Waals surface area contributed by atoms with Gasteiger partial charge in [0.05, 0.1) is 6.26 Å². The van der Waals surface area contributed by atoms with Crippen LogP contribution in [0.5, 0.6) is 5.88 Å². The first-order valence-electron chi connectivity index (χ1n) is 8.82. The minimum atomic E-state index is -3.64. The predicted octanol–water partition coefficient (Wildman–Crippen LogP) is 2.64. The van der Waals surface area contributed by atoms with E-state index < -0.39 is 34.1 Å². The Morgan fingerprint density at radius 3 is 2.67 bits per heavy atom. The van der Waals surface area contributed by atoms with Crippen molar-refractivity contribution >= 4 is 16.2 Å². The minimum Gasteiger partial charge on any atom is -0.453 e. The predicted molar refractivity (Wildman–Crippen MR) is 97.6 cm³/mol. The maximum absolute atomic E-state index is 12.5. The van der Waals surface area contributed by atoms with E-state index in [1.165, 1.54) is 13.1 Å². The molecule has 152 valence electrons. The van der Waals surface area contributed by atoms with Crippen LogP contribution in [-0.2, 0) is 19.0 Å². The molecule has 1 saturated heterocycles. The monoisotopic (exact) mass is 401 g/mol. The maximum Gasteiger partial charge on any atom is 0.413 e. The number of rotatable bonds is 5. The van der Waals surface area contributed by atoms with Gasteiger partial charge < -0.3 is 9.47 Å². The van der Waals surface area contributed by atoms with Gasteiger partial charge in [-0.2, -0.15) is 13.4 Å². The molecule has 1 amide bonds. The van der Waals surface area contributed by atoms with Crippen LogP contribution in [0.4, 0.5) is 4.79 Å². The SMILES string of the molecule is CC(OS(C)(=O)=O)c1nccc(OC2CCCCN2C(=O)OC(C)(C)C)n1. The van der Waals surface area contributed by atoms with E-state index in [1.807, 2.05) is 20.8 Å². The molecule has 1 aromatic rings. The molecule has 0 spiro atoms. The smallest absolute Gasteiger partial charge is 0.413 e. The van der Waals surface area contributed by atoms with Crippen LogP contribution in [0, 0.1) is 0 Å². The van der Waals surface area contributed by atoms with Crippen LogP contribution in [0.2, 0.25) is 0 Å². The molecule has 0 aromatic carbocycles. The van der Waals surface area contributed by atoms with E-state index in [1.54, 1.807) is 11.0 Å². The van der Waals surface area contributed by atoms with Gasteiger partial charge in [0.15, 0.2) is 12.1 Å². The van der Waals surface area contributed by atoms with Crippen molar-refractivity contribution < 1.29 is 26.9 Å². The molecule has 0 bridgehead atoms. The van der Waals surface area contributed by atoms with Gasteiger partial charge in [-0.05, 0) is 40.5 Å². The first-order valence-corrected chi connectivity index (χ1v) is 10.6. The molecule has 0 aliphatic carbocycles. The Labute approximate surface area is 160 Å². The van der Waals surface area contributed by atoms with Crippen LogP contribution < -0.4 is 4.74 Å². The first kappa shape index (κ1) is 21.4. The largest absolute Gasteiger partial charge is 0.453 e. The summed E-state index contributed by atoms with van der Waals surface area (Å²) in [5.41, 5.74) is -0.598.